The first-order valence-electron chi connectivity index (χ1n) is 16.4. The number of fused-ring (bicyclic) bond motifs is 2. The largest absolute Gasteiger partial charge is 0.480 e. The molecule has 2 aliphatic carbocycles. The van der Waals surface area contributed by atoms with Crippen LogP contribution >= 0.6 is 0 Å². The molecule has 0 spiro atoms. The highest BCUT2D eigenvalue weighted by atomic mass is 16.5. The summed E-state index contributed by atoms with van der Waals surface area (Å²) in [5, 5.41) is 13.2. The molecular weight excluding hydrogens is 536 g/mol. The lowest BCUT2D eigenvalue weighted by Crippen LogP contribution is -2.59. The Bertz CT molecular complexity index is 946. The second-order valence-corrected chi connectivity index (χ2v) is 13.9. The number of ether oxygens (including phenoxy) is 1. The number of hydrogen-bond acceptors (Lipinski definition) is 7. The third-order valence-corrected chi connectivity index (χ3v) is 9.23. The molecule has 0 bridgehead atoms. The van der Waals surface area contributed by atoms with E-state index in [9.17, 15) is 24.3 Å². The summed E-state index contributed by atoms with van der Waals surface area (Å²) in [5.41, 5.74) is 5.35. The van der Waals surface area contributed by atoms with Crippen LogP contribution in [0.5, 0.6) is 0 Å². The van der Waals surface area contributed by atoms with E-state index >= 15 is 0 Å². The Morgan fingerprint density at radius 3 is 1.90 bits per heavy atom. The summed E-state index contributed by atoms with van der Waals surface area (Å²) < 4.78 is 5.22. The van der Waals surface area contributed by atoms with Crippen LogP contribution in [-0.2, 0) is 23.9 Å². The summed E-state index contributed by atoms with van der Waals surface area (Å²) in [7, 11) is 0. The van der Waals surface area contributed by atoms with Crippen LogP contribution in [-0.4, -0.2) is 87.1 Å². The van der Waals surface area contributed by atoms with Crippen LogP contribution in [0.3, 0.4) is 0 Å². The van der Waals surface area contributed by atoms with E-state index in [4.69, 9.17) is 10.5 Å². The van der Waals surface area contributed by atoms with Gasteiger partial charge in [0.1, 0.15) is 18.1 Å². The van der Waals surface area contributed by atoms with Gasteiger partial charge in [-0.05, 0) is 91.4 Å². The number of likely N-dealkylation sites (tertiary alicyclic amines) is 2. The normalized spacial score (nSPS) is 30.4. The van der Waals surface area contributed by atoms with E-state index in [0.717, 1.165) is 57.8 Å². The third-order valence-electron chi connectivity index (χ3n) is 9.23. The minimum absolute atomic E-state index is 0. The molecule has 4 N–H and O–H groups in total. The number of carboxylic acid groups (broad SMARTS) is 1. The van der Waals surface area contributed by atoms with Gasteiger partial charge in [-0.25, -0.2) is 4.79 Å². The molecule has 2 heterocycles. The number of carbonyl (C=O) groups is 4. The molecule has 4 fully saturated rings. The molecule has 42 heavy (non-hydrogen) atoms. The van der Waals surface area contributed by atoms with Gasteiger partial charge in [0.15, 0.2) is 0 Å². The lowest BCUT2D eigenvalue weighted by atomic mass is 9.84. The molecule has 10 nitrogen and oxygen atoms in total. The van der Waals surface area contributed by atoms with Gasteiger partial charge in [-0.2, -0.15) is 0 Å². The van der Waals surface area contributed by atoms with Gasteiger partial charge in [-0.3, -0.25) is 19.7 Å². The molecule has 0 aromatic carbocycles. The van der Waals surface area contributed by atoms with Gasteiger partial charge in [-0.15, -0.1) is 0 Å². The van der Waals surface area contributed by atoms with E-state index < -0.39 is 30.1 Å². The second kappa shape index (κ2) is 15.0. The lowest BCUT2D eigenvalue weighted by molar-refractivity contribution is -0.155. The number of hydrogen-bond donors (Lipinski definition) is 3. The molecule has 2 saturated carbocycles. The van der Waals surface area contributed by atoms with Crippen LogP contribution in [0.2, 0.25) is 0 Å². The Balaban J connectivity index is 0.000000892. The first kappa shape index (κ1) is 34.3. The predicted molar refractivity (Wildman–Crippen MR) is 161 cm³/mol. The zero-order chi connectivity index (χ0) is 31.2. The fourth-order valence-corrected chi connectivity index (χ4v) is 7.56. The number of nitrogens with two attached hydrogens (primary N) is 1. The Morgan fingerprint density at radius 1 is 0.905 bits per heavy atom. The number of amides is 2. The van der Waals surface area contributed by atoms with Crippen molar-refractivity contribution in [1.82, 2.24) is 15.1 Å². The molecule has 0 aromatic heterocycles. The second-order valence-electron chi connectivity index (χ2n) is 13.9. The van der Waals surface area contributed by atoms with Crippen molar-refractivity contribution in [2.24, 2.45) is 17.6 Å². The maximum absolute atomic E-state index is 14.2. The highest BCUT2D eigenvalue weighted by molar-refractivity contribution is 5.93. The van der Waals surface area contributed by atoms with Crippen LogP contribution in [0.4, 0.5) is 0 Å². The van der Waals surface area contributed by atoms with Gasteiger partial charge in [0.25, 0.3) is 0 Å². The van der Waals surface area contributed by atoms with Crippen LogP contribution in [0.15, 0.2) is 0 Å². The van der Waals surface area contributed by atoms with Crippen molar-refractivity contribution in [2.45, 2.75) is 160 Å². The fraction of sp³-hybridized carbons (Fsp3) is 0.875. The van der Waals surface area contributed by atoms with Crippen molar-refractivity contribution in [3.05, 3.63) is 0 Å². The van der Waals surface area contributed by atoms with Crippen molar-refractivity contribution in [2.75, 3.05) is 6.61 Å². The minimum atomic E-state index is -0.942. The average Bonchev–Trinajstić information content (AvgIpc) is 3.50. The number of aliphatic carboxylic acids is 1. The summed E-state index contributed by atoms with van der Waals surface area (Å²) >= 11 is 0. The van der Waals surface area contributed by atoms with Gasteiger partial charge in [-0.1, -0.05) is 39.0 Å². The van der Waals surface area contributed by atoms with Crippen molar-refractivity contribution in [1.29, 1.82) is 0 Å². The third kappa shape index (κ3) is 8.46. The number of carbonyl (C=O) groups excluding carboxylic acids is 3. The van der Waals surface area contributed by atoms with Crippen molar-refractivity contribution < 1.29 is 29.0 Å². The first-order chi connectivity index (χ1) is 19.8. The Hall–Kier alpha value is -2.20. The Morgan fingerprint density at radius 2 is 1.40 bits per heavy atom. The topological polar surface area (TPSA) is 142 Å². The summed E-state index contributed by atoms with van der Waals surface area (Å²) in [6.45, 7) is 11.7. The zero-order valence-corrected chi connectivity index (χ0v) is 26.8. The predicted octanol–water partition coefficient (Wildman–Crippen LogP) is 3.84. The fourth-order valence-electron chi connectivity index (χ4n) is 7.56. The SMILES string of the molecule is CC(C)(C)N.CCC[C@H](N[C@@H](C)C(=O)N1[C@H](C(=O)N2[C@H](C(=O)O)C[C@@H]3CCCC[C@@H]32)C[C@@H]2CCCC[C@@H]21)C(=O)OCC. The van der Waals surface area contributed by atoms with E-state index in [1.807, 2.05) is 27.7 Å². The summed E-state index contributed by atoms with van der Waals surface area (Å²) in [6.07, 6.45) is 10.3. The maximum Gasteiger partial charge on any atom is 0.326 e. The van der Waals surface area contributed by atoms with E-state index in [1.165, 1.54) is 0 Å². The summed E-state index contributed by atoms with van der Waals surface area (Å²) in [6, 6.07) is -2.75. The van der Waals surface area contributed by atoms with Crippen LogP contribution in [0.1, 0.15) is 119 Å². The van der Waals surface area contributed by atoms with E-state index in [-0.39, 0.29) is 53.8 Å². The Labute approximate surface area is 252 Å². The number of nitrogens with one attached hydrogen (secondary N) is 1. The lowest BCUT2D eigenvalue weighted by Gasteiger charge is -2.39. The zero-order valence-electron chi connectivity index (χ0n) is 26.8. The molecule has 0 aromatic rings. The standard InChI is InChI=1S/C28H45N3O6.C4H11N/c1-4-10-20(28(36)37-5-2)29-17(3)25(32)30-21-13-8-6-11-18(21)15-23(30)26(33)31-22-14-9-7-12-19(22)16-24(31)27(34)35;1-4(2,3)5/h17-24,29H,4-16H2,1-3H3,(H,34,35);5H2,1-3H3/t17-,18-,19-,20-,21-,22-,23-,24-;/m0./s1. The summed E-state index contributed by atoms with van der Waals surface area (Å²) in [4.78, 5) is 56.3. The van der Waals surface area contributed by atoms with Gasteiger partial charge >= 0.3 is 11.9 Å². The number of carboxylic acids is 1. The molecule has 8 atom stereocenters. The number of nitrogens with zero attached hydrogens (tertiary/aromatic N) is 2. The smallest absolute Gasteiger partial charge is 0.326 e. The molecule has 10 heteroatoms. The molecule has 2 aliphatic heterocycles. The molecule has 4 rings (SSSR count). The highest BCUT2D eigenvalue weighted by Crippen LogP contribution is 2.44. The van der Waals surface area contributed by atoms with Crippen LogP contribution in [0, 0.1) is 11.8 Å². The highest BCUT2D eigenvalue weighted by Gasteiger charge is 2.54. The molecule has 4 aliphatic rings. The number of rotatable bonds is 9. The van der Waals surface area contributed by atoms with E-state index in [2.05, 4.69) is 5.32 Å². The first-order valence-corrected chi connectivity index (χ1v) is 16.4. The minimum Gasteiger partial charge on any atom is -0.480 e. The monoisotopic (exact) mass is 592 g/mol. The van der Waals surface area contributed by atoms with Gasteiger partial charge < -0.3 is 25.4 Å². The van der Waals surface area contributed by atoms with Crippen molar-refractivity contribution in [3.63, 3.8) is 0 Å². The molecule has 2 saturated heterocycles. The molecule has 0 radical (unpaired) electrons. The van der Waals surface area contributed by atoms with Gasteiger partial charge in [0, 0.05) is 17.6 Å². The maximum atomic E-state index is 14.2. The quantitative estimate of drug-likeness (QED) is 0.343. The Kier molecular flexibility index (Phi) is 12.2. The van der Waals surface area contributed by atoms with Crippen molar-refractivity contribution >= 4 is 23.8 Å². The van der Waals surface area contributed by atoms with E-state index in [1.54, 1.807) is 23.6 Å². The number of esters is 1. The average molecular weight is 593 g/mol. The molecule has 0 unspecified atom stereocenters. The summed E-state index contributed by atoms with van der Waals surface area (Å²) in [5.74, 6) is -1.19. The van der Waals surface area contributed by atoms with Crippen molar-refractivity contribution in [3.8, 4) is 0 Å². The van der Waals surface area contributed by atoms with Gasteiger partial charge in [0.05, 0.1) is 12.6 Å². The van der Waals surface area contributed by atoms with E-state index in [0.29, 0.717) is 19.3 Å². The molecule has 2 amide bonds. The van der Waals surface area contributed by atoms with Gasteiger partial charge in [0.2, 0.25) is 11.8 Å². The van der Waals surface area contributed by atoms with Crippen LogP contribution < -0.4 is 11.1 Å². The van der Waals surface area contributed by atoms with Crippen LogP contribution in [0.25, 0.3) is 0 Å². The molecular formula is C32H56N4O6. The molecule has 240 valence electrons.